The van der Waals surface area contributed by atoms with Gasteiger partial charge in [-0.05, 0) is 74.1 Å². The molecule has 200 valence electrons. The Bertz CT molecular complexity index is 1470. The van der Waals surface area contributed by atoms with Gasteiger partial charge in [0.15, 0.2) is 0 Å². The van der Waals surface area contributed by atoms with Crippen LogP contribution in [0.5, 0.6) is 0 Å². The average molecular weight is 522 g/mol. The molecule has 1 heterocycles. The van der Waals surface area contributed by atoms with Crippen LogP contribution in [0.2, 0.25) is 0 Å². The number of nitriles is 1. The van der Waals surface area contributed by atoms with Crippen LogP contribution >= 0.6 is 0 Å². The third-order valence-corrected chi connectivity index (χ3v) is 7.92. The van der Waals surface area contributed by atoms with E-state index in [-0.39, 0.29) is 17.7 Å². The predicted molar refractivity (Wildman–Crippen MR) is 154 cm³/mol. The largest absolute Gasteiger partial charge is 0.315 e. The first-order chi connectivity index (χ1) is 18.9. The molecule has 5 rings (SSSR count). The number of allylic oxidation sites excluding steroid dienone is 4. The second-order valence-corrected chi connectivity index (χ2v) is 10.7. The van der Waals surface area contributed by atoms with Crippen molar-refractivity contribution in [3.8, 4) is 6.07 Å². The summed E-state index contributed by atoms with van der Waals surface area (Å²) in [5, 5.41) is 12.1. The molecule has 1 saturated carbocycles. The van der Waals surface area contributed by atoms with Gasteiger partial charge >= 0.3 is 0 Å². The number of anilines is 2. The van der Waals surface area contributed by atoms with Crippen molar-refractivity contribution in [3.63, 3.8) is 0 Å². The first-order valence-corrected chi connectivity index (χ1v) is 13.9. The molecule has 7 heteroatoms. The number of hydrogen-bond acceptors (Lipinski definition) is 4. The lowest BCUT2D eigenvalue weighted by atomic mass is 9.88. The van der Waals surface area contributed by atoms with Crippen molar-refractivity contribution >= 4 is 34.5 Å². The Kier molecular flexibility index (Phi) is 7.92. The second kappa shape index (κ2) is 11.7. The molecular formula is C32H35N5O2. The quantitative estimate of drug-likeness (QED) is 0.378. The summed E-state index contributed by atoms with van der Waals surface area (Å²) in [5.74, 6) is 0.974. The average Bonchev–Trinajstić information content (AvgIpc) is 3.32. The van der Waals surface area contributed by atoms with Gasteiger partial charge in [-0.15, -0.1) is 0 Å². The number of hydrogen-bond donors (Lipinski definition) is 1. The number of carbonyl (C=O) groups excluding carboxylic acids is 2. The minimum absolute atomic E-state index is 0.0822. The maximum absolute atomic E-state index is 13.2. The fourth-order valence-corrected chi connectivity index (χ4v) is 5.47. The maximum Gasteiger partial charge on any atom is 0.257 e. The molecule has 7 nitrogen and oxygen atoms in total. The van der Waals surface area contributed by atoms with E-state index in [9.17, 15) is 9.59 Å². The first kappa shape index (κ1) is 26.4. The van der Waals surface area contributed by atoms with E-state index in [0.29, 0.717) is 29.5 Å². The number of benzene rings is 2. The molecule has 3 aromatic rings. The van der Waals surface area contributed by atoms with Crippen molar-refractivity contribution in [2.24, 2.45) is 11.8 Å². The lowest BCUT2D eigenvalue weighted by Crippen LogP contribution is -2.33. The van der Waals surface area contributed by atoms with Crippen LogP contribution in [0.15, 0.2) is 66.3 Å². The van der Waals surface area contributed by atoms with Crippen molar-refractivity contribution in [2.45, 2.75) is 58.4 Å². The summed E-state index contributed by atoms with van der Waals surface area (Å²) in [6.45, 7) is 2.86. The number of fused-ring (bicyclic) bond motifs is 1. The zero-order chi connectivity index (χ0) is 27.4. The zero-order valence-corrected chi connectivity index (χ0v) is 22.7. The summed E-state index contributed by atoms with van der Waals surface area (Å²) in [6, 6.07) is 14.5. The number of aryl methyl sites for hydroxylation is 1. The molecule has 0 spiro atoms. The standard InChI is InChI=1S/C32H35N5O2/c1-22-8-10-23(11-9-22)18-19-37-29-17-16-27(36(2)31(39)26-6-4-3-5-7-26)20-28(29)34-32(37)35-30(38)25-14-12-24(21-33)13-15-25/h8,10-17,20,22,26H,3-7,9,18-19H2,1-2H3,(H,34,35,38). The first-order valence-electron chi connectivity index (χ1n) is 13.9. The van der Waals surface area contributed by atoms with Gasteiger partial charge in [-0.3, -0.25) is 14.9 Å². The van der Waals surface area contributed by atoms with Gasteiger partial charge in [0.1, 0.15) is 0 Å². The summed E-state index contributed by atoms with van der Waals surface area (Å²) in [4.78, 5) is 32.8. The number of rotatable bonds is 7. The van der Waals surface area contributed by atoms with Crippen LogP contribution in [0, 0.1) is 23.2 Å². The predicted octanol–water partition coefficient (Wildman–Crippen LogP) is 6.62. The maximum atomic E-state index is 13.2. The highest BCUT2D eigenvalue weighted by molar-refractivity contribution is 6.04. The van der Waals surface area contributed by atoms with Gasteiger partial charge in [0, 0.05) is 30.8 Å². The summed E-state index contributed by atoms with van der Waals surface area (Å²) < 4.78 is 2.04. The van der Waals surface area contributed by atoms with Crippen LogP contribution in [0.3, 0.4) is 0 Å². The number of carbonyl (C=O) groups is 2. The second-order valence-electron chi connectivity index (χ2n) is 10.7. The SMILES string of the molecule is CC1C=CC(CCn2c(NC(=O)c3ccc(C#N)cc3)nc3cc(N(C)C(=O)C4CCCCC4)ccc32)=CC1. The van der Waals surface area contributed by atoms with Crippen molar-refractivity contribution in [2.75, 3.05) is 17.3 Å². The molecule has 2 aromatic carbocycles. The molecule has 0 radical (unpaired) electrons. The third kappa shape index (κ3) is 5.96. The van der Waals surface area contributed by atoms with Gasteiger partial charge in [-0.1, -0.05) is 50.0 Å². The van der Waals surface area contributed by atoms with Gasteiger partial charge in [0.2, 0.25) is 11.9 Å². The van der Waals surface area contributed by atoms with Crippen LogP contribution in [-0.2, 0) is 11.3 Å². The highest BCUT2D eigenvalue weighted by Gasteiger charge is 2.25. The Morgan fingerprint density at radius 3 is 2.59 bits per heavy atom. The normalized spacial score (nSPS) is 17.5. The number of amides is 2. The van der Waals surface area contributed by atoms with Crippen molar-refractivity contribution in [3.05, 3.63) is 77.4 Å². The smallest absolute Gasteiger partial charge is 0.257 e. The Labute approximate surface area is 229 Å². The van der Waals surface area contributed by atoms with E-state index in [1.54, 1.807) is 29.2 Å². The number of nitrogens with one attached hydrogen (secondary N) is 1. The van der Waals surface area contributed by atoms with E-state index < -0.39 is 0 Å². The molecule has 2 aliphatic carbocycles. The summed E-state index contributed by atoms with van der Waals surface area (Å²) in [6.07, 6.45) is 13.9. The minimum Gasteiger partial charge on any atom is -0.315 e. The van der Waals surface area contributed by atoms with Crippen LogP contribution in [0.4, 0.5) is 11.6 Å². The lowest BCUT2D eigenvalue weighted by Gasteiger charge is -2.26. The summed E-state index contributed by atoms with van der Waals surface area (Å²) in [5.41, 5.74) is 4.67. The Morgan fingerprint density at radius 1 is 1.13 bits per heavy atom. The molecule has 0 aliphatic heterocycles. The monoisotopic (exact) mass is 521 g/mol. The van der Waals surface area contributed by atoms with E-state index >= 15 is 0 Å². The molecule has 1 atom stereocenters. The highest BCUT2D eigenvalue weighted by Crippen LogP contribution is 2.30. The Morgan fingerprint density at radius 2 is 1.90 bits per heavy atom. The minimum atomic E-state index is -0.286. The van der Waals surface area contributed by atoms with Crippen LogP contribution in [-0.4, -0.2) is 28.4 Å². The van der Waals surface area contributed by atoms with Gasteiger partial charge < -0.3 is 9.47 Å². The fourth-order valence-electron chi connectivity index (χ4n) is 5.47. The van der Waals surface area contributed by atoms with Gasteiger partial charge in [0.05, 0.1) is 22.7 Å². The summed E-state index contributed by atoms with van der Waals surface area (Å²) in [7, 11) is 1.84. The van der Waals surface area contributed by atoms with Gasteiger partial charge in [-0.25, -0.2) is 4.98 Å². The van der Waals surface area contributed by atoms with E-state index in [0.717, 1.165) is 55.2 Å². The molecule has 1 N–H and O–H groups in total. The van der Waals surface area contributed by atoms with Crippen molar-refractivity contribution in [1.82, 2.24) is 9.55 Å². The Hall–Kier alpha value is -4.18. The highest BCUT2D eigenvalue weighted by atomic mass is 16.2. The van der Waals surface area contributed by atoms with Crippen LogP contribution < -0.4 is 10.2 Å². The topological polar surface area (TPSA) is 91.0 Å². The van der Waals surface area contributed by atoms with E-state index in [2.05, 4.69) is 36.5 Å². The molecule has 39 heavy (non-hydrogen) atoms. The van der Waals surface area contributed by atoms with Crippen molar-refractivity contribution < 1.29 is 9.59 Å². The lowest BCUT2D eigenvalue weighted by molar-refractivity contribution is -0.123. The van der Waals surface area contributed by atoms with E-state index in [1.165, 1.54) is 12.0 Å². The van der Waals surface area contributed by atoms with Crippen LogP contribution in [0.25, 0.3) is 11.0 Å². The molecule has 2 amide bonds. The fraction of sp³-hybridized carbons (Fsp3) is 0.375. The molecule has 2 aliphatic rings. The van der Waals surface area contributed by atoms with E-state index in [4.69, 9.17) is 10.2 Å². The van der Waals surface area contributed by atoms with Gasteiger partial charge in [-0.2, -0.15) is 5.26 Å². The molecule has 1 unspecified atom stereocenters. The molecule has 1 fully saturated rings. The Balaban J connectivity index is 1.43. The number of aromatic nitrogens is 2. The van der Waals surface area contributed by atoms with Gasteiger partial charge in [0.25, 0.3) is 5.91 Å². The molecule has 1 aromatic heterocycles. The van der Waals surface area contributed by atoms with Crippen molar-refractivity contribution in [1.29, 1.82) is 5.26 Å². The molecular weight excluding hydrogens is 486 g/mol. The molecule has 0 saturated heterocycles. The van der Waals surface area contributed by atoms with E-state index in [1.807, 2.05) is 29.8 Å². The summed E-state index contributed by atoms with van der Waals surface area (Å²) >= 11 is 0. The number of imidazole rings is 1. The zero-order valence-electron chi connectivity index (χ0n) is 22.7. The molecule has 0 bridgehead atoms. The third-order valence-electron chi connectivity index (χ3n) is 7.92. The number of nitrogens with zero attached hydrogens (tertiary/aromatic N) is 4. The van der Waals surface area contributed by atoms with Crippen LogP contribution in [0.1, 0.15) is 67.8 Å².